The van der Waals surface area contributed by atoms with Crippen molar-refractivity contribution < 1.29 is 4.79 Å². The van der Waals surface area contributed by atoms with Gasteiger partial charge in [-0.2, -0.15) is 0 Å². The lowest BCUT2D eigenvalue weighted by molar-refractivity contribution is 0.0938. The van der Waals surface area contributed by atoms with E-state index < -0.39 is 0 Å². The average Bonchev–Trinajstić information content (AvgIpc) is 2.52. The lowest BCUT2D eigenvalue weighted by Gasteiger charge is -2.21. The molecule has 0 spiro atoms. The van der Waals surface area contributed by atoms with E-state index in [9.17, 15) is 4.79 Å². The third-order valence-electron chi connectivity index (χ3n) is 3.61. The van der Waals surface area contributed by atoms with Gasteiger partial charge in [0, 0.05) is 18.3 Å². The second-order valence-electron chi connectivity index (χ2n) is 5.15. The van der Waals surface area contributed by atoms with Crippen molar-refractivity contribution in [2.75, 3.05) is 13.1 Å². The first-order valence-corrected chi connectivity index (χ1v) is 7.23. The van der Waals surface area contributed by atoms with Gasteiger partial charge in [-0.15, -0.1) is 0 Å². The van der Waals surface area contributed by atoms with Gasteiger partial charge in [-0.25, -0.2) is 4.98 Å². The zero-order valence-corrected chi connectivity index (χ0v) is 11.7. The molecule has 0 bridgehead atoms. The maximum atomic E-state index is 12.0. The Hall–Kier alpha value is -1.86. The van der Waals surface area contributed by atoms with Crippen LogP contribution in [0.3, 0.4) is 0 Å². The van der Waals surface area contributed by atoms with Crippen molar-refractivity contribution in [3.63, 3.8) is 0 Å². The molecule has 1 heterocycles. The minimum atomic E-state index is -0.103. The summed E-state index contributed by atoms with van der Waals surface area (Å²) < 4.78 is 0. The summed E-state index contributed by atoms with van der Waals surface area (Å²) in [6.45, 7) is 1.08. The summed E-state index contributed by atoms with van der Waals surface area (Å²) in [5, 5.41) is 2.97. The second-order valence-corrected chi connectivity index (χ2v) is 5.15. The van der Waals surface area contributed by atoms with E-state index in [0.29, 0.717) is 18.2 Å². The molecule has 20 heavy (non-hydrogen) atoms. The summed E-state index contributed by atoms with van der Waals surface area (Å²) in [5.74, 6) is 6.17. The van der Waals surface area contributed by atoms with Gasteiger partial charge in [0.1, 0.15) is 5.69 Å². The van der Waals surface area contributed by atoms with Crippen molar-refractivity contribution in [2.45, 2.75) is 32.1 Å². The standard InChI is InChI=1S/C16H21N3O/c17-10-4-7-14-8-9-15(18-11-14)16(20)19-12-13-5-2-1-3-6-13/h8-9,11,13H,1-3,5-6,10,12,17H2,(H,19,20). The highest BCUT2D eigenvalue weighted by Gasteiger charge is 2.15. The third kappa shape index (κ3) is 4.36. The number of carbonyl (C=O) groups is 1. The number of aromatic nitrogens is 1. The molecule has 1 aliphatic carbocycles. The number of nitrogens with zero attached hydrogens (tertiary/aromatic N) is 1. The summed E-state index contributed by atoms with van der Waals surface area (Å²) in [4.78, 5) is 16.1. The Kier molecular flexibility index (Phi) is 5.57. The largest absolute Gasteiger partial charge is 0.350 e. The number of nitrogens with two attached hydrogens (primary N) is 1. The molecule has 1 amide bonds. The van der Waals surface area contributed by atoms with Crippen molar-refractivity contribution in [1.82, 2.24) is 10.3 Å². The van der Waals surface area contributed by atoms with Gasteiger partial charge in [-0.3, -0.25) is 4.79 Å². The number of hydrogen-bond donors (Lipinski definition) is 2. The van der Waals surface area contributed by atoms with Gasteiger partial charge >= 0.3 is 0 Å². The van der Waals surface area contributed by atoms with Crippen LogP contribution in [0.1, 0.15) is 48.2 Å². The molecule has 2 rings (SSSR count). The van der Waals surface area contributed by atoms with Crippen LogP contribution in [0, 0.1) is 17.8 Å². The molecule has 1 fully saturated rings. The first kappa shape index (κ1) is 14.5. The zero-order chi connectivity index (χ0) is 14.2. The van der Waals surface area contributed by atoms with Crippen molar-refractivity contribution >= 4 is 5.91 Å². The predicted molar refractivity (Wildman–Crippen MR) is 79.1 cm³/mol. The average molecular weight is 271 g/mol. The number of pyridine rings is 1. The zero-order valence-electron chi connectivity index (χ0n) is 11.7. The van der Waals surface area contributed by atoms with Crippen LogP contribution in [-0.2, 0) is 0 Å². The summed E-state index contributed by atoms with van der Waals surface area (Å²) >= 11 is 0. The van der Waals surface area contributed by atoms with Crippen LogP contribution in [0.25, 0.3) is 0 Å². The highest BCUT2D eigenvalue weighted by Crippen LogP contribution is 2.22. The SMILES string of the molecule is NCC#Cc1ccc(C(=O)NCC2CCCCC2)nc1. The Morgan fingerprint density at radius 3 is 2.80 bits per heavy atom. The van der Waals surface area contributed by atoms with Crippen LogP contribution in [0.15, 0.2) is 18.3 Å². The summed E-state index contributed by atoms with van der Waals surface area (Å²) in [6.07, 6.45) is 7.96. The van der Waals surface area contributed by atoms with Crippen LogP contribution >= 0.6 is 0 Å². The predicted octanol–water partition coefficient (Wildman–Crippen LogP) is 1.70. The molecule has 0 unspecified atom stereocenters. The molecule has 3 N–H and O–H groups in total. The lowest BCUT2D eigenvalue weighted by Crippen LogP contribution is -2.30. The van der Waals surface area contributed by atoms with Crippen molar-refractivity contribution in [3.8, 4) is 11.8 Å². The molecule has 4 heteroatoms. The minimum Gasteiger partial charge on any atom is -0.350 e. The van der Waals surface area contributed by atoms with Gasteiger partial charge in [0.2, 0.25) is 0 Å². The number of carbonyl (C=O) groups excluding carboxylic acids is 1. The van der Waals surface area contributed by atoms with Gasteiger partial charge in [0.25, 0.3) is 5.91 Å². The van der Waals surface area contributed by atoms with Crippen molar-refractivity contribution in [3.05, 3.63) is 29.6 Å². The fourth-order valence-corrected chi connectivity index (χ4v) is 2.47. The van der Waals surface area contributed by atoms with E-state index >= 15 is 0 Å². The van der Waals surface area contributed by atoms with Crippen LogP contribution in [0.4, 0.5) is 0 Å². The molecule has 0 radical (unpaired) electrons. The Balaban J connectivity index is 1.85. The van der Waals surface area contributed by atoms with Crippen molar-refractivity contribution in [1.29, 1.82) is 0 Å². The van der Waals surface area contributed by atoms with E-state index in [1.165, 1.54) is 32.1 Å². The fourth-order valence-electron chi connectivity index (χ4n) is 2.47. The lowest BCUT2D eigenvalue weighted by atomic mass is 9.89. The van der Waals surface area contributed by atoms with Gasteiger partial charge in [-0.1, -0.05) is 31.1 Å². The Morgan fingerprint density at radius 1 is 1.35 bits per heavy atom. The maximum absolute atomic E-state index is 12.0. The number of nitrogens with one attached hydrogen (secondary N) is 1. The normalized spacial score (nSPS) is 15.2. The van der Waals surface area contributed by atoms with E-state index in [2.05, 4.69) is 22.1 Å². The van der Waals surface area contributed by atoms with Crippen LogP contribution < -0.4 is 11.1 Å². The maximum Gasteiger partial charge on any atom is 0.269 e. The third-order valence-corrected chi connectivity index (χ3v) is 3.61. The molecule has 1 aromatic rings. The molecule has 1 aliphatic rings. The molecular weight excluding hydrogens is 250 g/mol. The number of hydrogen-bond acceptors (Lipinski definition) is 3. The van der Waals surface area contributed by atoms with E-state index in [-0.39, 0.29) is 5.91 Å². The minimum absolute atomic E-state index is 0.103. The molecule has 106 valence electrons. The summed E-state index contributed by atoms with van der Waals surface area (Å²) in [6, 6.07) is 3.50. The monoisotopic (exact) mass is 271 g/mol. The van der Waals surface area contributed by atoms with E-state index in [0.717, 1.165) is 12.1 Å². The highest BCUT2D eigenvalue weighted by atomic mass is 16.1. The molecule has 0 atom stereocenters. The molecule has 0 aromatic carbocycles. The summed E-state index contributed by atoms with van der Waals surface area (Å²) in [5.41, 5.74) is 6.53. The Labute approximate surface area is 120 Å². The quantitative estimate of drug-likeness (QED) is 0.822. The molecular formula is C16H21N3O. The van der Waals surface area contributed by atoms with Crippen LogP contribution in [-0.4, -0.2) is 24.0 Å². The molecule has 1 saturated carbocycles. The first-order valence-electron chi connectivity index (χ1n) is 7.23. The van der Waals surface area contributed by atoms with Gasteiger partial charge in [0.05, 0.1) is 6.54 Å². The molecule has 4 nitrogen and oxygen atoms in total. The molecule has 1 aromatic heterocycles. The van der Waals surface area contributed by atoms with E-state index in [4.69, 9.17) is 5.73 Å². The first-order chi connectivity index (χ1) is 9.79. The van der Waals surface area contributed by atoms with Crippen LogP contribution in [0.2, 0.25) is 0 Å². The Morgan fingerprint density at radius 2 is 2.15 bits per heavy atom. The topological polar surface area (TPSA) is 68.0 Å². The Bertz CT molecular complexity index is 493. The van der Waals surface area contributed by atoms with E-state index in [1.807, 2.05) is 0 Å². The van der Waals surface area contributed by atoms with Gasteiger partial charge < -0.3 is 11.1 Å². The van der Waals surface area contributed by atoms with Gasteiger partial charge in [0.15, 0.2) is 0 Å². The van der Waals surface area contributed by atoms with E-state index in [1.54, 1.807) is 18.3 Å². The molecule has 0 aliphatic heterocycles. The fraction of sp³-hybridized carbons (Fsp3) is 0.500. The van der Waals surface area contributed by atoms with Crippen LogP contribution in [0.5, 0.6) is 0 Å². The highest BCUT2D eigenvalue weighted by molar-refractivity contribution is 5.92. The van der Waals surface area contributed by atoms with Crippen molar-refractivity contribution in [2.24, 2.45) is 11.7 Å². The van der Waals surface area contributed by atoms with Gasteiger partial charge in [-0.05, 0) is 30.9 Å². The summed E-state index contributed by atoms with van der Waals surface area (Å²) in [7, 11) is 0. The molecule has 0 saturated heterocycles. The number of amides is 1. The second kappa shape index (κ2) is 7.66. The smallest absolute Gasteiger partial charge is 0.269 e. The number of rotatable bonds is 3.